The van der Waals surface area contributed by atoms with Crippen LogP contribution in [0.3, 0.4) is 0 Å². The molecule has 0 saturated carbocycles. The van der Waals surface area contributed by atoms with Crippen LogP contribution in [-0.2, 0) is 11.8 Å². The van der Waals surface area contributed by atoms with Crippen LogP contribution in [0, 0.1) is 17.0 Å². The van der Waals surface area contributed by atoms with Gasteiger partial charge < -0.3 is 9.88 Å². The van der Waals surface area contributed by atoms with Gasteiger partial charge in [0.15, 0.2) is 11.0 Å². The lowest BCUT2D eigenvalue weighted by molar-refractivity contribution is -0.384. The Morgan fingerprint density at radius 2 is 1.96 bits per heavy atom. The lowest BCUT2D eigenvalue weighted by Crippen LogP contribution is -2.15. The number of aryl methyl sites for hydroxylation is 1. The van der Waals surface area contributed by atoms with Crippen LogP contribution < -0.4 is 5.32 Å². The Kier molecular flexibility index (Phi) is 5.96. The number of anilines is 1. The molecule has 0 bridgehead atoms. The quantitative estimate of drug-likeness (QED) is 0.368. The van der Waals surface area contributed by atoms with Gasteiger partial charge in [0, 0.05) is 24.7 Å². The molecule has 3 rings (SSSR count). The fourth-order valence-corrected chi connectivity index (χ4v) is 3.31. The van der Waals surface area contributed by atoms with E-state index < -0.39 is 4.92 Å². The predicted octanol–water partition coefficient (Wildman–Crippen LogP) is 4.08. The average Bonchev–Trinajstić information content (AvgIpc) is 3.03. The summed E-state index contributed by atoms with van der Waals surface area (Å²) in [6.07, 6.45) is 0. The third-order valence-electron chi connectivity index (χ3n) is 3.91. The van der Waals surface area contributed by atoms with Crippen LogP contribution in [0.5, 0.6) is 0 Å². The second-order valence-electron chi connectivity index (χ2n) is 5.99. The minimum atomic E-state index is -0.549. The van der Waals surface area contributed by atoms with Gasteiger partial charge in [0.05, 0.1) is 21.4 Å². The Bertz CT molecular complexity index is 1040. The lowest BCUT2D eigenvalue weighted by Gasteiger charge is -2.07. The van der Waals surface area contributed by atoms with E-state index in [0.717, 1.165) is 11.1 Å². The number of nitro groups is 1. The molecule has 1 amide bonds. The first-order chi connectivity index (χ1) is 13.3. The van der Waals surface area contributed by atoms with Crippen LogP contribution in [0.25, 0.3) is 11.4 Å². The van der Waals surface area contributed by atoms with Crippen molar-refractivity contribution < 1.29 is 9.72 Å². The number of carbonyl (C=O) groups excluding carboxylic acids is 1. The summed E-state index contributed by atoms with van der Waals surface area (Å²) in [7, 11) is 1.83. The van der Waals surface area contributed by atoms with Gasteiger partial charge in [0.25, 0.3) is 5.69 Å². The van der Waals surface area contributed by atoms with Gasteiger partial charge in [0.1, 0.15) is 0 Å². The van der Waals surface area contributed by atoms with Crippen molar-refractivity contribution >= 4 is 40.6 Å². The second kappa shape index (κ2) is 8.41. The number of aromatic nitrogens is 3. The zero-order valence-corrected chi connectivity index (χ0v) is 16.6. The predicted molar refractivity (Wildman–Crippen MR) is 109 cm³/mol. The maximum absolute atomic E-state index is 12.2. The maximum atomic E-state index is 12.2. The van der Waals surface area contributed by atoms with E-state index in [9.17, 15) is 14.9 Å². The number of hydrogen-bond donors (Lipinski definition) is 1. The standard InChI is InChI=1S/C18H16ClN5O3S/c1-11-3-5-12(6-4-11)17-21-22-18(23(17)2)28-10-16(25)20-15-9-13(24(26)27)7-8-14(15)19/h3-9H,10H2,1-2H3,(H,20,25). The molecule has 0 aliphatic carbocycles. The van der Waals surface area contributed by atoms with E-state index in [1.165, 1.54) is 30.0 Å². The average molecular weight is 418 g/mol. The summed E-state index contributed by atoms with van der Waals surface area (Å²) in [5.74, 6) is 0.399. The monoisotopic (exact) mass is 417 g/mol. The summed E-state index contributed by atoms with van der Waals surface area (Å²) < 4.78 is 1.81. The minimum Gasteiger partial charge on any atom is -0.324 e. The summed E-state index contributed by atoms with van der Waals surface area (Å²) in [6, 6.07) is 11.8. The topological polar surface area (TPSA) is 103 Å². The molecule has 0 saturated heterocycles. The maximum Gasteiger partial charge on any atom is 0.271 e. The van der Waals surface area contributed by atoms with Crippen LogP contribution in [0.1, 0.15) is 5.56 Å². The highest BCUT2D eigenvalue weighted by Gasteiger charge is 2.15. The first-order valence-corrected chi connectivity index (χ1v) is 9.54. The highest BCUT2D eigenvalue weighted by Crippen LogP contribution is 2.27. The van der Waals surface area contributed by atoms with Gasteiger partial charge in [-0.05, 0) is 13.0 Å². The summed E-state index contributed by atoms with van der Waals surface area (Å²) in [5, 5.41) is 22.6. The molecule has 0 atom stereocenters. The highest BCUT2D eigenvalue weighted by molar-refractivity contribution is 7.99. The molecule has 144 valence electrons. The van der Waals surface area contributed by atoms with Crippen molar-refractivity contribution in [3.8, 4) is 11.4 Å². The van der Waals surface area contributed by atoms with Crippen molar-refractivity contribution in [1.29, 1.82) is 0 Å². The highest BCUT2D eigenvalue weighted by atomic mass is 35.5. The molecule has 0 aliphatic rings. The molecule has 0 radical (unpaired) electrons. The first-order valence-electron chi connectivity index (χ1n) is 8.18. The molecule has 28 heavy (non-hydrogen) atoms. The van der Waals surface area contributed by atoms with Gasteiger partial charge in [0.2, 0.25) is 5.91 Å². The van der Waals surface area contributed by atoms with Gasteiger partial charge in [-0.1, -0.05) is 53.2 Å². The summed E-state index contributed by atoms with van der Waals surface area (Å²) in [6.45, 7) is 2.01. The molecule has 0 spiro atoms. The Hall–Kier alpha value is -2.91. The first kappa shape index (κ1) is 19.8. The van der Waals surface area contributed by atoms with Gasteiger partial charge in [-0.15, -0.1) is 10.2 Å². The number of carbonyl (C=O) groups is 1. The minimum absolute atomic E-state index is 0.0545. The largest absolute Gasteiger partial charge is 0.324 e. The molecule has 3 aromatic rings. The Morgan fingerprint density at radius 3 is 2.64 bits per heavy atom. The summed E-state index contributed by atoms with van der Waals surface area (Å²) in [5.41, 5.74) is 2.13. The molecular weight excluding hydrogens is 402 g/mol. The number of nitro benzene ring substituents is 1. The van der Waals surface area contributed by atoms with Crippen LogP contribution in [-0.4, -0.2) is 31.3 Å². The van der Waals surface area contributed by atoms with Gasteiger partial charge in [-0.25, -0.2) is 0 Å². The molecule has 2 aromatic carbocycles. The van der Waals surface area contributed by atoms with Gasteiger partial charge in [-0.2, -0.15) is 0 Å². The molecule has 1 heterocycles. The fourth-order valence-electron chi connectivity index (χ4n) is 2.43. The normalized spacial score (nSPS) is 10.7. The Labute approximate surface area is 170 Å². The lowest BCUT2D eigenvalue weighted by atomic mass is 10.1. The number of nitrogens with one attached hydrogen (secondary N) is 1. The van der Waals surface area contributed by atoms with Crippen molar-refractivity contribution in [2.75, 3.05) is 11.1 Å². The molecule has 0 unspecified atom stereocenters. The summed E-state index contributed by atoms with van der Waals surface area (Å²) in [4.78, 5) is 22.5. The molecule has 0 aliphatic heterocycles. The van der Waals surface area contributed by atoms with Crippen molar-refractivity contribution in [3.63, 3.8) is 0 Å². The summed E-state index contributed by atoms with van der Waals surface area (Å²) >= 11 is 7.21. The van der Waals surface area contributed by atoms with Gasteiger partial charge in [-0.3, -0.25) is 14.9 Å². The smallest absolute Gasteiger partial charge is 0.271 e. The van der Waals surface area contributed by atoms with Crippen molar-refractivity contribution in [3.05, 3.63) is 63.2 Å². The van der Waals surface area contributed by atoms with Crippen LogP contribution in [0.4, 0.5) is 11.4 Å². The van der Waals surface area contributed by atoms with E-state index in [1.54, 1.807) is 0 Å². The Balaban J connectivity index is 1.66. The van der Waals surface area contributed by atoms with E-state index in [4.69, 9.17) is 11.6 Å². The number of rotatable bonds is 6. The molecule has 10 heteroatoms. The SMILES string of the molecule is Cc1ccc(-c2nnc(SCC(=O)Nc3cc([N+](=O)[O-])ccc3Cl)n2C)cc1. The van der Waals surface area contributed by atoms with Crippen molar-refractivity contribution in [1.82, 2.24) is 14.8 Å². The van der Waals surface area contributed by atoms with E-state index in [0.29, 0.717) is 11.0 Å². The number of non-ortho nitro benzene ring substituents is 1. The molecule has 8 nitrogen and oxygen atoms in total. The molecule has 1 N–H and O–H groups in total. The second-order valence-corrected chi connectivity index (χ2v) is 7.34. The number of nitrogens with zero attached hydrogens (tertiary/aromatic N) is 4. The van der Waals surface area contributed by atoms with Crippen LogP contribution in [0.2, 0.25) is 5.02 Å². The Morgan fingerprint density at radius 1 is 1.25 bits per heavy atom. The zero-order valence-electron chi connectivity index (χ0n) is 15.0. The third kappa shape index (κ3) is 4.49. The molecule has 0 fully saturated rings. The zero-order chi connectivity index (χ0) is 20.3. The van der Waals surface area contributed by atoms with E-state index >= 15 is 0 Å². The van der Waals surface area contributed by atoms with Crippen molar-refractivity contribution in [2.24, 2.45) is 7.05 Å². The fraction of sp³-hybridized carbons (Fsp3) is 0.167. The molecular formula is C18H16ClN5O3S. The van der Waals surface area contributed by atoms with Crippen LogP contribution >= 0.6 is 23.4 Å². The van der Waals surface area contributed by atoms with E-state index in [2.05, 4.69) is 15.5 Å². The van der Waals surface area contributed by atoms with E-state index in [-0.39, 0.29) is 28.1 Å². The number of hydrogen-bond acceptors (Lipinski definition) is 6. The van der Waals surface area contributed by atoms with Gasteiger partial charge >= 0.3 is 0 Å². The molecule has 1 aromatic heterocycles. The number of halogens is 1. The van der Waals surface area contributed by atoms with Crippen molar-refractivity contribution in [2.45, 2.75) is 12.1 Å². The number of amides is 1. The van der Waals surface area contributed by atoms with Crippen LogP contribution in [0.15, 0.2) is 47.6 Å². The number of benzene rings is 2. The van der Waals surface area contributed by atoms with E-state index in [1.807, 2.05) is 42.8 Å². The third-order valence-corrected chi connectivity index (χ3v) is 5.26. The number of thioether (sulfide) groups is 1.